The van der Waals surface area contributed by atoms with Crippen LogP contribution in [0.5, 0.6) is 11.5 Å². The van der Waals surface area contributed by atoms with Gasteiger partial charge in [0, 0.05) is 0 Å². The lowest BCUT2D eigenvalue weighted by atomic mass is 9.78. The Kier molecular flexibility index (Phi) is 9.67. The summed E-state index contributed by atoms with van der Waals surface area (Å²) in [5.41, 5.74) is 0. The molecule has 2 aromatic carbocycles. The van der Waals surface area contributed by atoms with Crippen molar-refractivity contribution < 1.29 is 10.2 Å². The Balaban J connectivity index is 0.000000185. The average molecular weight is 328 g/mol. The number of rotatable bonds is 1. The fraction of sp³-hybridized carbons (Fsp3) is 0.455. The molecule has 1 aliphatic carbocycles. The second-order valence-electron chi connectivity index (χ2n) is 6.94. The Morgan fingerprint density at radius 3 is 1.33 bits per heavy atom. The molecule has 0 heterocycles. The van der Waals surface area contributed by atoms with E-state index in [1.807, 2.05) is 12.1 Å². The van der Waals surface area contributed by atoms with E-state index in [-0.39, 0.29) is 0 Å². The van der Waals surface area contributed by atoms with Crippen molar-refractivity contribution in [2.75, 3.05) is 0 Å². The topological polar surface area (TPSA) is 40.5 Å². The van der Waals surface area contributed by atoms with Crippen molar-refractivity contribution in [3.05, 3.63) is 60.7 Å². The minimum Gasteiger partial charge on any atom is -0.508 e. The van der Waals surface area contributed by atoms with Crippen LogP contribution in [0.3, 0.4) is 0 Å². The van der Waals surface area contributed by atoms with Crippen molar-refractivity contribution in [3.8, 4) is 11.5 Å². The van der Waals surface area contributed by atoms with Crippen LogP contribution in [0.1, 0.15) is 46.5 Å². The van der Waals surface area contributed by atoms with Gasteiger partial charge in [-0.1, -0.05) is 70.0 Å². The van der Waals surface area contributed by atoms with Crippen LogP contribution < -0.4 is 0 Å². The highest BCUT2D eigenvalue weighted by Gasteiger charge is 2.19. The zero-order valence-corrected chi connectivity index (χ0v) is 15.2. The van der Waals surface area contributed by atoms with Crippen molar-refractivity contribution in [2.45, 2.75) is 46.5 Å². The Hall–Kier alpha value is -1.96. The first-order chi connectivity index (χ1) is 11.5. The molecule has 0 bridgehead atoms. The van der Waals surface area contributed by atoms with Gasteiger partial charge in [-0.05, 0) is 54.9 Å². The summed E-state index contributed by atoms with van der Waals surface area (Å²) in [4.78, 5) is 0. The van der Waals surface area contributed by atoms with Crippen molar-refractivity contribution >= 4 is 0 Å². The second kappa shape index (κ2) is 11.6. The highest BCUT2D eigenvalue weighted by atomic mass is 16.3. The maximum absolute atomic E-state index is 8.63. The summed E-state index contributed by atoms with van der Waals surface area (Å²) in [6.45, 7) is 7.11. The number of benzene rings is 2. The van der Waals surface area contributed by atoms with Gasteiger partial charge in [0.25, 0.3) is 0 Å². The van der Waals surface area contributed by atoms with E-state index in [2.05, 4.69) is 20.8 Å². The quantitative estimate of drug-likeness (QED) is 0.649. The lowest BCUT2D eigenvalue weighted by Gasteiger charge is -2.28. The van der Waals surface area contributed by atoms with Gasteiger partial charge in [-0.2, -0.15) is 0 Å². The van der Waals surface area contributed by atoms with Gasteiger partial charge in [-0.25, -0.2) is 0 Å². The van der Waals surface area contributed by atoms with E-state index in [0.29, 0.717) is 11.5 Å². The van der Waals surface area contributed by atoms with Crippen LogP contribution in [0, 0.1) is 17.8 Å². The molecule has 2 N–H and O–H groups in total. The third-order valence-electron chi connectivity index (χ3n) is 4.52. The van der Waals surface area contributed by atoms with E-state index < -0.39 is 0 Å². The van der Waals surface area contributed by atoms with Gasteiger partial charge in [-0.15, -0.1) is 0 Å². The van der Waals surface area contributed by atoms with E-state index in [0.717, 1.165) is 17.8 Å². The molecule has 0 spiro atoms. The first kappa shape index (κ1) is 20.1. The van der Waals surface area contributed by atoms with Crippen LogP contribution in [0.4, 0.5) is 0 Å². The van der Waals surface area contributed by atoms with Gasteiger partial charge in [0.1, 0.15) is 11.5 Å². The molecule has 2 heteroatoms. The lowest BCUT2D eigenvalue weighted by molar-refractivity contribution is 0.234. The van der Waals surface area contributed by atoms with Crippen molar-refractivity contribution in [1.82, 2.24) is 0 Å². The summed E-state index contributed by atoms with van der Waals surface area (Å²) in [6, 6.07) is 17.4. The first-order valence-corrected chi connectivity index (χ1v) is 8.97. The van der Waals surface area contributed by atoms with Crippen LogP contribution in [-0.2, 0) is 0 Å². The van der Waals surface area contributed by atoms with Gasteiger partial charge < -0.3 is 10.2 Å². The highest BCUT2D eigenvalue weighted by molar-refractivity contribution is 5.19. The molecule has 0 amide bonds. The standard InChI is InChI=1S/C10H20.2C6H6O/c1-8(2)10-6-4-9(3)5-7-10;2*7-6-4-2-1-3-5-6/h8-10H,4-7H2,1-3H3;2*1-5,7H. The number of phenolic OH excluding ortho intramolecular Hbond substituents is 2. The van der Waals surface area contributed by atoms with Crippen molar-refractivity contribution in [3.63, 3.8) is 0 Å². The van der Waals surface area contributed by atoms with E-state index in [4.69, 9.17) is 10.2 Å². The molecule has 0 aliphatic heterocycles. The molecular formula is C22H32O2. The summed E-state index contributed by atoms with van der Waals surface area (Å²) in [7, 11) is 0. The molecule has 0 radical (unpaired) electrons. The molecule has 1 fully saturated rings. The lowest BCUT2D eigenvalue weighted by Crippen LogP contribution is -2.16. The van der Waals surface area contributed by atoms with E-state index in [9.17, 15) is 0 Å². The van der Waals surface area contributed by atoms with Gasteiger partial charge in [0.05, 0.1) is 0 Å². The molecule has 3 rings (SSSR count). The molecule has 0 aromatic heterocycles. The molecule has 2 aromatic rings. The molecule has 132 valence electrons. The summed E-state index contributed by atoms with van der Waals surface area (Å²) in [6.07, 6.45) is 5.92. The van der Waals surface area contributed by atoms with Crippen LogP contribution >= 0.6 is 0 Å². The first-order valence-electron chi connectivity index (χ1n) is 8.97. The second-order valence-corrected chi connectivity index (χ2v) is 6.94. The van der Waals surface area contributed by atoms with Crippen molar-refractivity contribution in [2.24, 2.45) is 17.8 Å². The minimum atomic E-state index is 0.322. The third kappa shape index (κ3) is 9.24. The van der Waals surface area contributed by atoms with Crippen LogP contribution in [-0.4, -0.2) is 10.2 Å². The molecule has 0 atom stereocenters. The van der Waals surface area contributed by atoms with Gasteiger partial charge in [0.15, 0.2) is 0 Å². The monoisotopic (exact) mass is 328 g/mol. The zero-order valence-electron chi connectivity index (χ0n) is 15.2. The average Bonchev–Trinajstić information content (AvgIpc) is 2.58. The Labute approximate surface area is 147 Å². The van der Waals surface area contributed by atoms with E-state index in [1.165, 1.54) is 25.7 Å². The maximum Gasteiger partial charge on any atom is 0.115 e. The molecule has 0 unspecified atom stereocenters. The summed E-state index contributed by atoms with van der Waals surface area (Å²) in [5.74, 6) is 3.61. The number of hydrogen-bond donors (Lipinski definition) is 2. The zero-order chi connectivity index (χ0) is 17.8. The van der Waals surface area contributed by atoms with Crippen LogP contribution in [0.15, 0.2) is 60.7 Å². The molecule has 2 nitrogen and oxygen atoms in total. The predicted octanol–water partition coefficient (Wildman–Crippen LogP) is 6.25. The maximum atomic E-state index is 8.63. The largest absolute Gasteiger partial charge is 0.508 e. The fourth-order valence-corrected chi connectivity index (χ4v) is 2.81. The van der Waals surface area contributed by atoms with E-state index >= 15 is 0 Å². The van der Waals surface area contributed by atoms with Crippen LogP contribution in [0.25, 0.3) is 0 Å². The Bertz CT molecular complexity index is 477. The normalized spacial score (nSPS) is 19.5. The summed E-state index contributed by atoms with van der Waals surface area (Å²) >= 11 is 0. The number of para-hydroxylation sites is 2. The summed E-state index contributed by atoms with van der Waals surface area (Å²) in [5, 5.41) is 17.3. The summed E-state index contributed by atoms with van der Waals surface area (Å²) < 4.78 is 0. The predicted molar refractivity (Wildman–Crippen MR) is 102 cm³/mol. The van der Waals surface area contributed by atoms with Gasteiger partial charge in [-0.3, -0.25) is 0 Å². The Morgan fingerprint density at radius 1 is 0.708 bits per heavy atom. The van der Waals surface area contributed by atoms with Gasteiger partial charge in [0.2, 0.25) is 0 Å². The third-order valence-corrected chi connectivity index (χ3v) is 4.52. The number of aromatic hydroxyl groups is 2. The molecule has 1 aliphatic rings. The van der Waals surface area contributed by atoms with E-state index in [1.54, 1.807) is 48.5 Å². The SMILES string of the molecule is CC1CCC(C(C)C)CC1.Oc1ccccc1.Oc1ccccc1. The number of hydrogen-bond acceptors (Lipinski definition) is 2. The van der Waals surface area contributed by atoms with Crippen LogP contribution in [0.2, 0.25) is 0 Å². The molecular weight excluding hydrogens is 296 g/mol. The fourth-order valence-electron chi connectivity index (χ4n) is 2.81. The van der Waals surface area contributed by atoms with Gasteiger partial charge >= 0.3 is 0 Å². The molecule has 0 saturated heterocycles. The Morgan fingerprint density at radius 2 is 1.08 bits per heavy atom. The molecule has 1 saturated carbocycles. The molecule has 24 heavy (non-hydrogen) atoms. The smallest absolute Gasteiger partial charge is 0.115 e. The minimum absolute atomic E-state index is 0.322. The number of phenols is 2. The highest BCUT2D eigenvalue weighted by Crippen LogP contribution is 2.32. The van der Waals surface area contributed by atoms with Crippen molar-refractivity contribution in [1.29, 1.82) is 0 Å².